The van der Waals surface area contributed by atoms with E-state index < -0.39 is 10.0 Å². The number of likely N-dealkylation sites (tertiary alicyclic amines) is 1. The lowest BCUT2D eigenvalue weighted by atomic mass is 9.90. The quantitative estimate of drug-likeness (QED) is 0.653. The van der Waals surface area contributed by atoms with Gasteiger partial charge in [0.2, 0.25) is 10.0 Å². The van der Waals surface area contributed by atoms with E-state index in [0.29, 0.717) is 24.6 Å². The summed E-state index contributed by atoms with van der Waals surface area (Å²) in [5.41, 5.74) is 3.01. The lowest BCUT2D eigenvalue weighted by Gasteiger charge is -2.32. The number of piperidine rings is 1. The first-order chi connectivity index (χ1) is 14.7. The predicted octanol–water partition coefficient (Wildman–Crippen LogP) is 3.74. The van der Waals surface area contributed by atoms with Gasteiger partial charge in [0.1, 0.15) is 10.6 Å². The van der Waals surface area contributed by atoms with Crippen molar-refractivity contribution in [3.63, 3.8) is 0 Å². The van der Waals surface area contributed by atoms with Gasteiger partial charge in [-0.05, 0) is 62.3 Å². The zero-order chi connectivity index (χ0) is 22.6. The fourth-order valence-electron chi connectivity index (χ4n) is 3.94. The molecule has 2 aromatic carbocycles. The van der Waals surface area contributed by atoms with Gasteiger partial charge < -0.3 is 9.64 Å². The molecule has 0 aromatic heterocycles. The Kier molecular flexibility index (Phi) is 7.38. The molecule has 0 unspecified atom stereocenters. The maximum atomic E-state index is 13.0. The van der Waals surface area contributed by atoms with E-state index in [4.69, 9.17) is 4.74 Å². The van der Waals surface area contributed by atoms with Crippen molar-refractivity contribution in [3.05, 3.63) is 59.2 Å². The van der Waals surface area contributed by atoms with E-state index in [1.54, 1.807) is 12.1 Å². The molecular weight excluding hydrogens is 412 g/mol. The van der Waals surface area contributed by atoms with Crippen molar-refractivity contribution in [1.82, 2.24) is 9.21 Å². The number of carbonyl (C=O) groups excluding carboxylic acids is 1. The largest absolute Gasteiger partial charge is 0.495 e. The van der Waals surface area contributed by atoms with Gasteiger partial charge in [0, 0.05) is 32.7 Å². The van der Waals surface area contributed by atoms with Crippen molar-refractivity contribution < 1.29 is 17.9 Å². The van der Waals surface area contributed by atoms with Crippen LogP contribution in [0.1, 0.15) is 40.7 Å². The lowest BCUT2D eigenvalue weighted by Crippen LogP contribution is -2.38. The molecule has 1 amide bonds. The third-order valence-corrected chi connectivity index (χ3v) is 7.87. The van der Waals surface area contributed by atoms with Crippen LogP contribution in [0, 0.1) is 12.8 Å². The SMILES string of the molecule is COc1ccc(C(=O)N2CCC(CCc3ccc(C)cc3)CC2)cc1S(=O)(=O)N(C)C. The highest BCUT2D eigenvalue weighted by atomic mass is 32.2. The second-order valence-electron chi connectivity index (χ2n) is 8.41. The Hall–Kier alpha value is -2.38. The number of hydrogen-bond acceptors (Lipinski definition) is 4. The highest BCUT2D eigenvalue weighted by Crippen LogP contribution is 2.29. The molecule has 1 aliphatic rings. The van der Waals surface area contributed by atoms with E-state index in [1.165, 1.54) is 38.4 Å². The van der Waals surface area contributed by atoms with Gasteiger partial charge >= 0.3 is 0 Å². The van der Waals surface area contributed by atoms with Gasteiger partial charge in [-0.15, -0.1) is 0 Å². The van der Waals surface area contributed by atoms with E-state index in [9.17, 15) is 13.2 Å². The standard InChI is InChI=1S/C24H32N2O4S/c1-18-5-7-19(8-6-18)9-10-20-13-15-26(16-14-20)24(27)21-11-12-22(30-4)23(17-21)31(28,29)25(2)3/h5-8,11-12,17,20H,9-10,13-16H2,1-4H3. The smallest absolute Gasteiger partial charge is 0.253 e. The number of sulfonamides is 1. The summed E-state index contributed by atoms with van der Waals surface area (Å²) >= 11 is 0. The number of amides is 1. The Morgan fingerprint density at radius 2 is 1.74 bits per heavy atom. The topological polar surface area (TPSA) is 66.9 Å². The Morgan fingerprint density at radius 3 is 2.32 bits per heavy atom. The molecule has 0 atom stereocenters. The molecule has 2 aromatic rings. The second-order valence-corrected chi connectivity index (χ2v) is 10.5. The fourth-order valence-corrected chi connectivity index (χ4v) is 5.02. The van der Waals surface area contributed by atoms with Crippen LogP contribution in [-0.2, 0) is 16.4 Å². The first kappa shape index (κ1) is 23.3. The third-order valence-electron chi connectivity index (χ3n) is 6.03. The summed E-state index contributed by atoms with van der Waals surface area (Å²) < 4.78 is 31.6. The molecule has 3 rings (SSSR count). The average molecular weight is 445 g/mol. The molecule has 0 saturated carbocycles. The molecule has 0 aliphatic carbocycles. The molecule has 1 heterocycles. The van der Waals surface area contributed by atoms with Gasteiger partial charge in [0.05, 0.1) is 7.11 Å². The number of benzene rings is 2. The summed E-state index contributed by atoms with van der Waals surface area (Å²) in [6.07, 6.45) is 4.12. The van der Waals surface area contributed by atoms with Crippen molar-refractivity contribution >= 4 is 15.9 Å². The second kappa shape index (κ2) is 9.83. The van der Waals surface area contributed by atoms with Crippen LogP contribution in [0.15, 0.2) is 47.4 Å². The number of rotatable bonds is 7. The Balaban J connectivity index is 1.63. The van der Waals surface area contributed by atoms with Gasteiger partial charge in [-0.2, -0.15) is 0 Å². The number of nitrogens with zero attached hydrogens (tertiary/aromatic N) is 2. The van der Waals surface area contributed by atoms with E-state index in [-0.39, 0.29) is 16.6 Å². The minimum Gasteiger partial charge on any atom is -0.495 e. The zero-order valence-corrected chi connectivity index (χ0v) is 19.6. The van der Waals surface area contributed by atoms with Crippen molar-refractivity contribution in [2.45, 2.75) is 37.5 Å². The molecule has 168 valence electrons. The average Bonchev–Trinajstić information content (AvgIpc) is 2.78. The van der Waals surface area contributed by atoms with Crippen LogP contribution in [0.4, 0.5) is 0 Å². The molecule has 7 heteroatoms. The van der Waals surface area contributed by atoms with Crippen molar-refractivity contribution in [1.29, 1.82) is 0 Å². The molecule has 0 spiro atoms. The van der Waals surface area contributed by atoms with E-state index in [1.807, 2.05) is 4.90 Å². The minimum atomic E-state index is -3.71. The van der Waals surface area contributed by atoms with E-state index in [0.717, 1.165) is 30.0 Å². The fraction of sp³-hybridized carbons (Fsp3) is 0.458. The summed E-state index contributed by atoms with van der Waals surface area (Å²) in [6, 6.07) is 13.3. The first-order valence-corrected chi connectivity index (χ1v) is 12.1. The van der Waals surface area contributed by atoms with Gasteiger partial charge in [-0.3, -0.25) is 4.79 Å². The molecule has 1 saturated heterocycles. The summed E-state index contributed by atoms with van der Waals surface area (Å²) in [5.74, 6) is 0.709. The summed E-state index contributed by atoms with van der Waals surface area (Å²) in [4.78, 5) is 14.9. The van der Waals surface area contributed by atoms with Crippen LogP contribution < -0.4 is 4.74 Å². The number of aryl methyl sites for hydroxylation is 2. The maximum Gasteiger partial charge on any atom is 0.253 e. The van der Waals surface area contributed by atoms with Gasteiger partial charge in [-0.25, -0.2) is 12.7 Å². The van der Waals surface area contributed by atoms with E-state index in [2.05, 4.69) is 31.2 Å². The Morgan fingerprint density at radius 1 is 1.10 bits per heavy atom. The van der Waals surface area contributed by atoms with Gasteiger partial charge in [0.25, 0.3) is 5.91 Å². The van der Waals surface area contributed by atoms with Gasteiger partial charge in [0.15, 0.2) is 0 Å². The van der Waals surface area contributed by atoms with Crippen LogP contribution in [-0.4, -0.2) is 57.8 Å². The normalized spacial score (nSPS) is 15.3. The van der Waals surface area contributed by atoms with Crippen LogP contribution in [0.3, 0.4) is 0 Å². The van der Waals surface area contributed by atoms with Crippen LogP contribution >= 0.6 is 0 Å². The number of hydrogen-bond donors (Lipinski definition) is 0. The van der Waals surface area contributed by atoms with E-state index >= 15 is 0 Å². The summed E-state index contributed by atoms with van der Waals surface area (Å²) in [7, 11) is 0.635. The third kappa shape index (κ3) is 5.46. The molecule has 1 aliphatic heterocycles. The van der Waals surface area contributed by atoms with Crippen LogP contribution in [0.2, 0.25) is 0 Å². The minimum absolute atomic E-state index is 0.0128. The molecule has 0 N–H and O–H groups in total. The summed E-state index contributed by atoms with van der Waals surface area (Å²) in [5, 5.41) is 0. The van der Waals surface area contributed by atoms with Crippen molar-refractivity contribution in [2.75, 3.05) is 34.3 Å². The molecule has 1 fully saturated rings. The first-order valence-electron chi connectivity index (χ1n) is 10.7. The Bertz CT molecular complexity index is 1010. The number of ether oxygens (including phenoxy) is 1. The molecule has 0 radical (unpaired) electrons. The zero-order valence-electron chi connectivity index (χ0n) is 18.8. The molecule has 31 heavy (non-hydrogen) atoms. The number of carbonyl (C=O) groups is 1. The van der Waals surface area contributed by atoms with Gasteiger partial charge in [-0.1, -0.05) is 29.8 Å². The van der Waals surface area contributed by atoms with Crippen LogP contribution in [0.25, 0.3) is 0 Å². The van der Waals surface area contributed by atoms with Crippen LogP contribution in [0.5, 0.6) is 5.75 Å². The summed E-state index contributed by atoms with van der Waals surface area (Å²) in [6.45, 7) is 3.48. The molecule has 0 bridgehead atoms. The van der Waals surface area contributed by atoms with Crippen molar-refractivity contribution in [2.24, 2.45) is 5.92 Å². The Labute approximate surface area is 185 Å². The monoisotopic (exact) mass is 444 g/mol. The number of methoxy groups -OCH3 is 1. The lowest BCUT2D eigenvalue weighted by molar-refractivity contribution is 0.0686. The van der Waals surface area contributed by atoms with Crippen molar-refractivity contribution in [3.8, 4) is 5.75 Å². The molecular formula is C24H32N2O4S. The maximum absolute atomic E-state index is 13.0. The predicted molar refractivity (Wildman–Crippen MR) is 122 cm³/mol. The highest BCUT2D eigenvalue weighted by Gasteiger charge is 2.27. The molecule has 6 nitrogen and oxygen atoms in total. The highest BCUT2D eigenvalue weighted by molar-refractivity contribution is 7.89.